The summed E-state index contributed by atoms with van der Waals surface area (Å²) in [6.45, 7) is 3.65. The number of ketones is 1. The molecule has 2 aromatic rings. The molecule has 0 fully saturated rings. The Kier molecular flexibility index (Phi) is 2.80. The van der Waals surface area contributed by atoms with E-state index in [0.717, 1.165) is 14.4 Å². The third kappa shape index (κ3) is 2.06. The van der Waals surface area contributed by atoms with E-state index in [4.69, 9.17) is 4.42 Å². The molecule has 2 aromatic heterocycles. The number of halogens is 1. The van der Waals surface area contributed by atoms with Gasteiger partial charge in [-0.1, -0.05) is 0 Å². The maximum atomic E-state index is 12.0. The number of aryl methyl sites for hydroxylation is 2. The summed E-state index contributed by atoms with van der Waals surface area (Å²) in [6, 6.07) is 5.48. The second kappa shape index (κ2) is 3.94. The molecule has 78 valence electrons. The van der Waals surface area contributed by atoms with Crippen LogP contribution in [0.25, 0.3) is 0 Å². The summed E-state index contributed by atoms with van der Waals surface area (Å²) < 4.78 is 6.30. The van der Waals surface area contributed by atoms with Crippen molar-refractivity contribution in [2.24, 2.45) is 0 Å². The third-order valence-electron chi connectivity index (χ3n) is 2.08. The lowest BCUT2D eigenvalue weighted by atomic mass is 10.1. The van der Waals surface area contributed by atoms with Crippen molar-refractivity contribution in [1.82, 2.24) is 0 Å². The second-order valence-electron chi connectivity index (χ2n) is 3.26. The predicted octanol–water partition coefficient (Wildman–Crippen LogP) is 3.95. The summed E-state index contributed by atoms with van der Waals surface area (Å²) in [5, 5.41) is 0. The van der Waals surface area contributed by atoms with Crippen LogP contribution in [0.4, 0.5) is 0 Å². The van der Waals surface area contributed by atoms with Crippen LogP contribution < -0.4 is 0 Å². The highest BCUT2D eigenvalue weighted by atomic mass is 79.9. The molecule has 0 saturated carbocycles. The van der Waals surface area contributed by atoms with Crippen LogP contribution in [0.15, 0.2) is 26.4 Å². The first-order chi connectivity index (χ1) is 7.08. The van der Waals surface area contributed by atoms with Crippen LogP contribution in [0.3, 0.4) is 0 Å². The molecular formula is C11H9BrO2S. The molecule has 0 aromatic carbocycles. The Balaban J connectivity index is 2.40. The normalized spacial score (nSPS) is 10.6. The van der Waals surface area contributed by atoms with Crippen LogP contribution >= 0.6 is 27.3 Å². The standard InChI is InChI=1S/C11H9BrO2S/c1-6-5-8(7(2)14-6)11(13)9-3-4-10(12)15-9/h3-5H,1-2H3. The Morgan fingerprint density at radius 1 is 1.40 bits per heavy atom. The van der Waals surface area contributed by atoms with E-state index in [-0.39, 0.29) is 5.78 Å². The Hall–Kier alpha value is -0.870. The lowest BCUT2D eigenvalue weighted by Crippen LogP contribution is -1.98. The molecule has 0 aliphatic rings. The zero-order valence-electron chi connectivity index (χ0n) is 8.33. The van der Waals surface area contributed by atoms with E-state index < -0.39 is 0 Å². The zero-order valence-corrected chi connectivity index (χ0v) is 10.7. The first-order valence-electron chi connectivity index (χ1n) is 4.45. The number of carbonyl (C=O) groups is 1. The monoisotopic (exact) mass is 284 g/mol. The minimum absolute atomic E-state index is 0.0278. The van der Waals surface area contributed by atoms with Crippen LogP contribution in [0.1, 0.15) is 26.8 Å². The summed E-state index contributed by atoms with van der Waals surface area (Å²) in [5.41, 5.74) is 0.654. The summed E-state index contributed by atoms with van der Waals surface area (Å²) in [7, 11) is 0. The molecule has 0 bridgehead atoms. The molecule has 0 N–H and O–H groups in total. The van der Waals surface area contributed by atoms with Gasteiger partial charge in [-0.05, 0) is 48.0 Å². The van der Waals surface area contributed by atoms with Crippen molar-refractivity contribution in [2.75, 3.05) is 0 Å². The van der Waals surface area contributed by atoms with Crippen molar-refractivity contribution < 1.29 is 9.21 Å². The van der Waals surface area contributed by atoms with Gasteiger partial charge in [0.2, 0.25) is 5.78 Å². The molecule has 2 rings (SSSR count). The Labute approximate surface area is 100 Å². The fraction of sp³-hybridized carbons (Fsp3) is 0.182. The summed E-state index contributed by atoms with van der Waals surface area (Å²) in [4.78, 5) is 12.8. The Morgan fingerprint density at radius 2 is 2.13 bits per heavy atom. The highest BCUT2D eigenvalue weighted by molar-refractivity contribution is 9.11. The van der Waals surface area contributed by atoms with Crippen LogP contribution in [0, 0.1) is 13.8 Å². The first kappa shape index (κ1) is 10.6. The van der Waals surface area contributed by atoms with Crippen molar-refractivity contribution in [3.63, 3.8) is 0 Å². The molecule has 0 radical (unpaired) electrons. The largest absolute Gasteiger partial charge is 0.466 e. The summed E-state index contributed by atoms with van der Waals surface area (Å²) >= 11 is 4.77. The van der Waals surface area contributed by atoms with Crippen molar-refractivity contribution in [3.8, 4) is 0 Å². The molecule has 0 aliphatic carbocycles. The van der Waals surface area contributed by atoms with E-state index in [0.29, 0.717) is 11.3 Å². The van der Waals surface area contributed by atoms with Crippen LogP contribution in [-0.4, -0.2) is 5.78 Å². The number of rotatable bonds is 2. The van der Waals surface area contributed by atoms with Crippen molar-refractivity contribution >= 4 is 33.0 Å². The van der Waals surface area contributed by atoms with Gasteiger partial charge in [0.15, 0.2) is 0 Å². The number of hydrogen-bond acceptors (Lipinski definition) is 3. The molecule has 15 heavy (non-hydrogen) atoms. The summed E-state index contributed by atoms with van der Waals surface area (Å²) in [5.74, 6) is 1.48. The molecule has 0 aliphatic heterocycles. The second-order valence-corrected chi connectivity index (χ2v) is 5.72. The van der Waals surface area contributed by atoms with Gasteiger partial charge in [-0.3, -0.25) is 4.79 Å². The SMILES string of the molecule is Cc1cc(C(=O)c2ccc(Br)s2)c(C)o1. The van der Waals surface area contributed by atoms with E-state index >= 15 is 0 Å². The van der Waals surface area contributed by atoms with Crippen molar-refractivity contribution in [3.05, 3.63) is 43.9 Å². The molecular weight excluding hydrogens is 276 g/mol. The average molecular weight is 285 g/mol. The zero-order chi connectivity index (χ0) is 11.0. The van der Waals surface area contributed by atoms with Gasteiger partial charge in [-0.25, -0.2) is 0 Å². The van der Waals surface area contributed by atoms with Gasteiger partial charge in [0, 0.05) is 0 Å². The highest BCUT2D eigenvalue weighted by Crippen LogP contribution is 2.26. The lowest BCUT2D eigenvalue weighted by Gasteiger charge is -1.93. The van der Waals surface area contributed by atoms with E-state index in [1.165, 1.54) is 11.3 Å². The quantitative estimate of drug-likeness (QED) is 0.782. The van der Waals surface area contributed by atoms with Crippen LogP contribution in [0.2, 0.25) is 0 Å². The first-order valence-corrected chi connectivity index (χ1v) is 6.06. The molecule has 4 heteroatoms. The fourth-order valence-corrected chi connectivity index (χ4v) is 2.77. The van der Waals surface area contributed by atoms with Gasteiger partial charge in [0.05, 0.1) is 14.2 Å². The molecule has 0 unspecified atom stereocenters. The van der Waals surface area contributed by atoms with Gasteiger partial charge >= 0.3 is 0 Å². The van der Waals surface area contributed by atoms with Crippen LogP contribution in [-0.2, 0) is 0 Å². The van der Waals surface area contributed by atoms with E-state index in [9.17, 15) is 4.79 Å². The lowest BCUT2D eigenvalue weighted by molar-refractivity contribution is 0.104. The van der Waals surface area contributed by atoms with Crippen LogP contribution in [0.5, 0.6) is 0 Å². The third-order valence-corrected chi connectivity index (χ3v) is 3.71. The topological polar surface area (TPSA) is 30.2 Å². The molecule has 0 spiro atoms. The highest BCUT2D eigenvalue weighted by Gasteiger charge is 2.16. The molecule has 2 nitrogen and oxygen atoms in total. The van der Waals surface area contributed by atoms with E-state index in [1.54, 1.807) is 6.07 Å². The molecule has 2 heterocycles. The van der Waals surface area contributed by atoms with Crippen molar-refractivity contribution in [1.29, 1.82) is 0 Å². The molecule has 0 amide bonds. The number of furan rings is 1. The Bertz CT molecular complexity index is 510. The summed E-state index contributed by atoms with van der Waals surface area (Å²) in [6.07, 6.45) is 0. The minimum Gasteiger partial charge on any atom is -0.466 e. The number of hydrogen-bond donors (Lipinski definition) is 0. The van der Waals surface area contributed by atoms with Gasteiger partial charge in [-0.2, -0.15) is 0 Å². The predicted molar refractivity (Wildman–Crippen MR) is 63.6 cm³/mol. The van der Waals surface area contributed by atoms with Gasteiger partial charge < -0.3 is 4.42 Å². The smallest absolute Gasteiger partial charge is 0.206 e. The maximum Gasteiger partial charge on any atom is 0.206 e. The minimum atomic E-state index is 0.0278. The number of carbonyl (C=O) groups excluding carboxylic acids is 1. The van der Waals surface area contributed by atoms with E-state index in [2.05, 4.69) is 15.9 Å². The fourth-order valence-electron chi connectivity index (χ4n) is 1.43. The van der Waals surface area contributed by atoms with Crippen molar-refractivity contribution in [2.45, 2.75) is 13.8 Å². The van der Waals surface area contributed by atoms with Gasteiger partial charge in [-0.15, -0.1) is 11.3 Å². The van der Waals surface area contributed by atoms with Gasteiger partial charge in [0.1, 0.15) is 11.5 Å². The van der Waals surface area contributed by atoms with E-state index in [1.807, 2.05) is 26.0 Å². The molecule has 0 atom stereocenters. The average Bonchev–Trinajstić information content (AvgIpc) is 2.71. The van der Waals surface area contributed by atoms with Gasteiger partial charge in [0.25, 0.3) is 0 Å². The molecule has 0 saturated heterocycles. The maximum absolute atomic E-state index is 12.0. The number of thiophene rings is 1. The Morgan fingerprint density at radius 3 is 2.60 bits per heavy atom.